The average Bonchev–Trinajstić information content (AvgIpc) is 3.17. The second-order valence-corrected chi connectivity index (χ2v) is 10.5. The van der Waals surface area contributed by atoms with Gasteiger partial charge in [-0.05, 0) is 24.5 Å². The summed E-state index contributed by atoms with van der Waals surface area (Å²) in [5.74, 6) is -1.68. The molecule has 3 amide bonds. The lowest BCUT2D eigenvalue weighted by atomic mass is 9.72. The summed E-state index contributed by atoms with van der Waals surface area (Å²) in [5, 5.41) is 6.15. The minimum atomic E-state index is -1.14. The number of fused-ring (bicyclic) bond motifs is 1. The molecule has 0 spiro atoms. The van der Waals surface area contributed by atoms with Crippen molar-refractivity contribution >= 4 is 23.4 Å². The fourth-order valence-electron chi connectivity index (χ4n) is 5.18. The van der Waals surface area contributed by atoms with E-state index in [1.54, 1.807) is 18.7 Å². The van der Waals surface area contributed by atoms with E-state index in [2.05, 4.69) is 5.10 Å². The maximum absolute atomic E-state index is 14.0. The first-order valence-electron chi connectivity index (χ1n) is 12.8. The van der Waals surface area contributed by atoms with Crippen molar-refractivity contribution in [2.24, 2.45) is 27.6 Å². The summed E-state index contributed by atoms with van der Waals surface area (Å²) < 4.78 is 5.94. The number of benzene rings is 2. The molecule has 4 rings (SSSR count). The molecule has 0 saturated carbocycles. The van der Waals surface area contributed by atoms with Gasteiger partial charge in [-0.1, -0.05) is 74.5 Å². The van der Waals surface area contributed by atoms with Crippen LogP contribution in [0.2, 0.25) is 0 Å². The Kier molecular flexibility index (Phi) is 7.78. The molecule has 1 saturated heterocycles. The van der Waals surface area contributed by atoms with E-state index in [0.717, 1.165) is 16.8 Å². The van der Waals surface area contributed by atoms with Gasteiger partial charge in [-0.3, -0.25) is 14.4 Å². The first-order valence-corrected chi connectivity index (χ1v) is 12.8. The molecule has 2 heterocycles. The molecular weight excluding hydrogens is 468 g/mol. The number of nitrogens with zero attached hydrogens (tertiary/aromatic N) is 3. The number of hydrogen-bond donors (Lipinski definition) is 1. The van der Waals surface area contributed by atoms with Crippen molar-refractivity contribution in [1.82, 2.24) is 9.91 Å². The van der Waals surface area contributed by atoms with Gasteiger partial charge < -0.3 is 15.4 Å². The SMILES string of the molecule is CCN1N=C2CCN(C(=O)[C@@H](COCc3ccccc3)C(C)(C)C(N)=O)C[C@@]2(Cc2ccccc2)C1=O. The van der Waals surface area contributed by atoms with Gasteiger partial charge in [0.15, 0.2) is 0 Å². The van der Waals surface area contributed by atoms with Crippen LogP contribution in [-0.2, 0) is 32.1 Å². The summed E-state index contributed by atoms with van der Waals surface area (Å²) in [6.45, 7) is 6.72. The molecule has 2 aromatic carbocycles. The van der Waals surface area contributed by atoms with E-state index >= 15 is 0 Å². The molecule has 2 aliphatic rings. The largest absolute Gasteiger partial charge is 0.376 e. The zero-order chi connectivity index (χ0) is 26.6. The molecule has 0 aliphatic carbocycles. The third kappa shape index (κ3) is 5.30. The third-order valence-electron chi connectivity index (χ3n) is 7.68. The number of hydrazone groups is 1. The van der Waals surface area contributed by atoms with E-state index in [1.165, 1.54) is 5.01 Å². The fourth-order valence-corrected chi connectivity index (χ4v) is 5.18. The molecular formula is C29H36N4O4. The van der Waals surface area contributed by atoms with Crippen molar-refractivity contribution in [3.8, 4) is 0 Å². The second-order valence-electron chi connectivity index (χ2n) is 10.5. The van der Waals surface area contributed by atoms with Gasteiger partial charge in [0.05, 0.1) is 30.3 Å². The van der Waals surface area contributed by atoms with Gasteiger partial charge in [0.2, 0.25) is 11.8 Å². The van der Waals surface area contributed by atoms with Crippen LogP contribution in [0.25, 0.3) is 0 Å². The van der Waals surface area contributed by atoms with Gasteiger partial charge in [-0.2, -0.15) is 5.10 Å². The van der Waals surface area contributed by atoms with Crippen LogP contribution in [0.15, 0.2) is 65.8 Å². The molecule has 2 aromatic rings. The molecule has 0 unspecified atom stereocenters. The fraction of sp³-hybridized carbons (Fsp3) is 0.448. The van der Waals surface area contributed by atoms with Crippen LogP contribution in [0.3, 0.4) is 0 Å². The normalized spacial score (nSPS) is 20.4. The molecule has 8 nitrogen and oxygen atoms in total. The molecule has 1 fully saturated rings. The summed E-state index contributed by atoms with van der Waals surface area (Å²) >= 11 is 0. The number of ether oxygens (including phenoxy) is 1. The van der Waals surface area contributed by atoms with Crippen molar-refractivity contribution in [2.45, 2.75) is 40.2 Å². The number of piperidine rings is 1. The molecule has 0 aromatic heterocycles. The van der Waals surface area contributed by atoms with Crippen LogP contribution in [-0.4, -0.2) is 59.6 Å². The zero-order valence-corrected chi connectivity index (χ0v) is 21.9. The molecule has 196 valence electrons. The van der Waals surface area contributed by atoms with Crippen molar-refractivity contribution < 1.29 is 19.1 Å². The van der Waals surface area contributed by atoms with Crippen molar-refractivity contribution in [3.05, 3.63) is 71.8 Å². The number of nitrogens with two attached hydrogens (primary N) is 1. The Hall–Kier alpha value is -3.52. The Bertz CT molecular complexity index is 1160. The topological polar surface area (TPSA) is 105 Å². The zero-order valence-electron chi connectivity index (χ0n) is 21.9. The van der Waals surface area contributed by atoms with Crippen LogP contribution >= 0.6 is 0 Å². The van der Waals surface area contributed by atoms with Gasteiger partial charge in [-0.15, -0.1) is 0 Å². The molecule has 0 bridgehead atoms. The number of amides is 3. The van der Waals surface area contributed by atoms with Crippen LogP contribution in [0.1, 0.15) is 38.3 Å². The number of carbonyl (C=O) groups is 3. The monoisotopic (exact) mass is 504 g/mol. The first kappa shape index (κ1) is 26.5. The van der Waals surface area contributed by atoms with Crippen LogP contribution in [0, 0.1) is 16.7 Å². The Labute approximate surface area is 218 Å². The molecule has 2 aliphatic heterocycles. The van der Waals surface area contributed by atoms with E-state index in [9.17, 15) is 14.4 Å². The highest BCUT2D eigenvalue weighted by Gasteiger charge is 2.55. The Balaban J connectivity index is 1.59. The minimum absolute atomic E-state index is 0.0435. The van der Waals surface area contributed by atoms with Gasteiger partial charge in [0.1, 0.15) is 5.41 Å². The van der Waals surface area contributed by atoms with Crippen LogP contribution < -0.4 is 5.73 Å². The van der Waals surface area contributed by atoms with E-state index in [-0.39, 0.29) is 25.0 Å². The van der Waals surface area contributed by atoms with E-state index < -0.39 is 22.7 Å². The number of rotatable bonds is 10. The summed E-state index contributed by atoms with van der Waals surface area (Å²) in [6, 6.07) is 19.5. The summed E-state index contributed by atoms with van der Waals surface area (Å²) in [4.78, 5) is 41.8. The maximum Gasteiger partial charge on any atom is 0.256 e. The minimum Gasteiger partial charge on any atom is -0.376 e. The number of primary amides is 1. The van der Waals surface area contributed by atoms with Crippen LogP contribution in [0.5, 0.6) is 0 Å². The van der Waals surface area contributed by atoms with Gasteiger partial charge in [0, 0.05) is 26.1 Å². The first-order chi connectivity index (χ1) is 17.7. The average molecular weight is 505 g/mol. The lowest BCUT2D eigenvalue weighted by Crippen LogP contribution is -2.58. The van der Waals surface area contributed by atoms with Gasteiger partial charge in [0.25, 0.3) is 5.91 Å². The predicted octanol–water partition coefficient (Wildman–Crippen LogP) is 3.01. The van der Waals surface area contributed by atoms with Gasteiger partial charge in [-0.25, -0.2) is 5.01 Å². The highest BCUT2D eigenvalue weighted by atomic mass is 16.5. The Morgan fingerprint density at radius 1 is 1.08 bits per heavy atom. The second kappa shape index (κ2) is 10.8. The Morgan fingerprint density at radius 3 is 2.30 bits per heavy atom. The highest BCUT2D eigenvalue weighted by molar-refractivity contribution is 6.13. The number of hydrogen-bond acceptors (Lipinski definition) is 5. The van der Waals surface area contributed by atoms with Crippen molar-refractivity contribution in [3.63, 3.8) is 0 Å². The lowest BCUT2D eigenvalue weighted by Gasteiger charge is -2.42. The smallest absolute Gasteiger partial charge is 0.256 e. The summed E-state index contributed by atoms with van der Waals surface area (Å²) in [7, 11) is 0. The standard InChI is InChI=1S/C29H36N4O4/c1-4-33-27(36)29(17-21-11-7-5-8-12-21)20-32(16-15-24(29)31-33)25(34)23(28(2,3)26(30)35)19-37-18-22-13-9-6-10-14-22/h5-14,23H,4,15-20H2,1-3H3,(H2,30,35)/t23-,29-/m1/s1. The van der Waals surface area contributed by atoms with E-state index in [4.69, 9.17) is 10.5 Å². The quantitative estimate of drug-likeness (QED) is 0.537. The van der Waals surface area contributed by atoms with E-state index in [1.807, 2.05) is 67.6 Å². The van der Waals surface area contributed by atoms with E-state index in [0.29, 0.717) is 32.5 Å². The molecule has 2 N–H and O–H groups in total. The number of carbonyl (C=O) groups excluding carboxylic acids is 3. The van der Waals surface area contributed by atoms with Crippen LogP contribution in [0.4, 0.5) is 0 Å². The maximum atomic E-state index is 14.0. The molecule has 37 heavy (non-hydrogen) atoms. The van der Waals surface area contributed by atoms with Gasteiger partial charge >= 0.3 is 0 Å². The van der Waals surface area contributed by atoms with Crippen molar-refractivity contribution in [1.29, 1.82) is 0 Å². The van der Waals surface area contributed by atoms with Crippen molar-refractivity contribution in [2.75, 3.05) is 26.2 Å². The molecule has 0 radical (unpaired) electrons. The molecule has 2 atom stereocenters. The molecule has 8 heteroatoms. The third-order valence-corrected chi connectivity index (χ3v) is 7.68. The predicted molar refractivity (Wildman–Crippen MR) is 141 cm³/mol. The summed E-state index contributed by atoms with van der Waals surface area (Å²) in [6.07, 6.45) is 0.954. The Morgan fingerprint density at radius 2 is 1.70 bits per heavy atom. The number of likely N-dealkylation sites (tertiary alicyclic amines) is 1. The highest BCUT2D eigenvalue weighted by Crippen LogP contribution is 2.40. The lowest BCUT2D eigenvalue weighted by molar-refractivity contribution is -0.151. The summed E-state index contributed by atoms with van der Waals surface area (Å²) in [5.41, 5.74) is 6.50.